The van der Waals surface area contributed by atoms with Gasteiger partial charge in [-0.3, -0.25) is 4.79 Å². The van der Waals surface area contributed by atoms with Gasteiger partial charge in [-0.15, -0.1) is 5.10 Å². The zero-order valence-electron chi connectivity index (χ0n) is 18.6. The van der Waals surface area contributed by atoms with Crippen LogP contribution in [0.15, 0.2) is 41.5 Å². The molecule has 164 valence electrons. The van der Waals surface area contributed by atoms with Crippen LogP contribution < -0.4 is 15.9 Å². The first kappa shape index (κ1) is 21.1. The second-order valence-electron chi connectivity index (χ2n) is 9.06. The van der Waals surface area contributed by atoms with Crippen LogP contribution in [0.1, 0.15) is 45.6 Å². The number of carbonyl (C=O) groups is 1. The van der Waals surface area contributed by atoms with Gasteiger partial charge in [0.15, 0.2) is 5.82 Å². The first-order valence-corrected chi connectivity index (χ1v) is 10.9. The summed E-state index contributed by atoms with van der Waals surface area (Å²) in [7, 11) is 0. The molecule has 2 atom stereocenters. The molecule has 1 saturated heterocycles. The van der Waals surface area contributed by atoms with Crippen molar-refractivity contribution >= 4 is 23.1 Å². The van der Waals surface area contributed by atoms with Crippen molar-refractivity contribution in [2.45, 2.75) is 46.6 Å². The van der Waals surface area contributed by atoms with Crippen molar-refractivity contribution in [3.8, 4) is 0 Å². The van der Waals surface area contributed by atoms with E-state index in [1.807, 2.05) is 24.3 Å². The van der Waals surface area contributed by atoms with Gasteiger partial charge in [0.05, 0.1) is 0 Å². The molecule has 0 bridgehead atoms. The summed E-state index contributed by atoms with van der Waals surface area (Å²) >= 11 is 0. The van der Waals surface area contributed by atoms with Crippen molar-refractivity contribution in [2.24, 2.45) is 11.8 Å². The maximum absolute atomic E-state index is 12.9. The van der Waals surface area contributed by atoms with Crippen LogP contribution in [0, 0.1) is 11.8 Å². The van der Waals surface area contributed by atoms with Crippen LogP contribution in [0.2, 0.25) is 0 Å². The number of benzene rings is 1. The van der Waals surface area contributed by atoms with Crippen molar-refractivity contribution < 1.29 is 4.79 Å². The highest BCUT2D eigenvalue weighted by Crippen LogP contribution is 2.26. The summed E-state index contributed by atoms with van der Waals surface area (Å²) < 4.78 is 2.68. The van der Waals surface area contributed by atoms with E-state index in [2.05, 4.69) is 48.0 Å². The average Bonchev–Trinajstić information content (AvgIpc) is 3.03. The molecule has 1 fully saturated rings. The van der Waals surface area contributed by atoms with E-state index in [0.717, 1.165) is 18.7 Å². The standard InChI is InChI=1S/C23H30N6O2/c1-15(2)18-6-5-7-19(11-18)25-20(30)14-29-23(31)28-9-8-24-21(22(28)26-29)27-12-16(3)10-17(4)13-27/h5-9,11,15-17H,10,12-14H2,1-4H3,(H,25,30). The molecule has 1 aliphatic rings. The van der Waals surface area contributed by atoms with Gasteiger partial charge in [0.25, 0.3) is 0 Å². The predicted octanol–water partition coefficient (Wildman–Crippen LogP) is 3.14. The van der Waals surface area contributed by atoms with Gasteiger partial charge in [-0.25, -0.2) is 18.9 Å². The molecule has 3 aromatic rings. The second kappa shape index (κ2) is 8.53. The number of hydrogen-bond donors (Lipinski definition) is 1. The molecule has 1 aromatic carbocycles. The Kier molecular flexibility index (Phi) is 5.80. The third-order valence-electron chi connectivity index (χ3n) is 5.78. The van der Waals surface area contributed by atoms with Gasteiger partial charge in [-0.1, -0.05) is 39.8 Å². The molecule has 0 radical (unpaired) electrons. The fraction of sp³-hybridized carbons (Fsp3) is 0.478. The van der Waals surface area contributed by atoms with E-state index in [4.69, 9.17) is 0 Å². The van der Waals surface area contributed by atoms with E-state index in [1.54, 1.807) is 12.4 Å². The maximum Gasteiger partial charge on any atom is 0.350 e. The van der Waals surface area contributed by atoms with Crippen molar-refractivity contribution in [3.63, 3.8) is 0 Å². The van der Waals surface area contributed by atoms with Gasteiger partial charge in [0, 0.05) is 31.2 Å². The highest BCUT2D eigenvalue weighted by atomic mass is 16.2. The molecule has 1 N–H and O–H groups in total. The quantitative estimate of drug-likeness (QED) is 0.683. The lowest BCUT2D eigenvalue weighted by atomic mass is 9.92. The smallest absolute Gasteiger partial charge is 0.350 e. The first-order chi connectivity index (χ1) is 14.8. The molecule has 4 rings (SSSR count). The largest absolute Gasteiger partial charge is 0.353 e. The van der Waals surface area contributed by atoms with Crippen molar-refractivity contribution in [1.29, 1.82) is 0 Å². The number of piperidine rings is 1. The molecule has 1 aliphatic heterocycles. The molecule has 0 aliphatic carbocycles. The van der Waals surface area contributed by atoms with E-state index in [1.165, 1.54) is 15.5 Å². The number of rotatable bonds is 5. The maximum atomic E-state index is 12.9. The topological polar surface area (TPSA) is 84.5 Å². The molecule has 31 heavy (non-hydrogen) atoms. The number of nitrogens with one attached hydrogen (secondary N) is 1. The third kappa shape index (κ3) is 4.47. The minimum Gasteiger partial charge on any atom is -0.353 e. The molecule has 8 nitrogen and oxygen atoms in total. The number of carbonyl (C=O) groups excluding carboxylic acids is 1. The lowest BCUT2D eigenvalue weighted by Gasteiger charge is -2.35. The lowest BCUT2D eigenvalue weighted by Crippen LogP contribution is -2.39. The molecular formula is C23H30N6O2. The Labute approximate surface area is 181 Å². The van der Waals surface area contributed by atoms with E-state index in [0.29, 0.717) is 34.9 Å². The minimum absolute atomic E-state index is 0.154. The summed E-state index contributed by atoms with van der Waals surface area (Å²) in [5, 5.41) is 7.34. The third-order valence-corrected chi connectivity index (χ3v) is 5.78. The van der Waals surface area contributed by atoms with Crippen LogP contribution in [-0.2, 0) is 11.3 Å². The van der Waals surface area contributed by atoms with Gasteiger partial charge >= 0.3 is 5.69 Å². The average molecular weight is 423 g/mol. The summed E-state index contributed by atoms with van der Waals surface area (Å²) in [5.74, 6) is 1.87. The summed E-state index contributed by atoms with van der Waals surface area (Å²) in [6.07, 6.45) is 4.40. The Bertz CT molecular complexity index is 1140. The zero-order valence-corrected chi connectivity index (χ0v) is 18.6. The molecule has 3 heterocycles. The molecule has 1 amide bonds. The molecular weight excluding hydrogens is 392 g/mol. The van der Waals surface area contributed by atoms with Crippen molar-refractivity contribution in [2.75, 3.05) is 23.3 Å². The van der Waals surface area contributed by atoms with E-state index < -0.39 is 0 Å². The number of amides is 1. The molecule has 0 spiro atoms. The lowest BCUT2D eigenvalue weighted by molar-refractivity contribution is -0.117. The summed E-state index contributed by atoms with van der Waals surface area (Å²) in [6, 6.07) is 7.75. The van der Waals surface area contributed by atoms with E-state index in [-0.39, 0.29) is 18.1 Å². The molecule has 8 heteroatoms. The van der Waals surface area contributed by atoms with Gasteiger partial charge in [0.2, 0.25) is 11.6 Å². The summed E-state index contributed by atoms with van der Waals surface area (Å²) in [6.45, 7) is 10.3. The number of nitrogens with zero attached hydrogens (tertiary/aromatic N) is 5. The summed E-state index contributed by atoms with van der Waals surface area (Å²) in [5.41, 5.74) is 2.00. The van der Waals surface area contributed by atoms with Crippen molar-refractivity contribution in [3.05, 3.63) is 52.7 Å². The highest BCUT2D eigenvalue weighted by Gasteiger charge is 2.26. The van der Waals surface area contributed by atoms with Crippen molar-refractivity contribution in [1.82, 2.24) is 19.2 Å². The molecule has 0 saturated carbocycles. The minimum atomic E-state index is -0.345. The summed E-state index contributed by atoms with van der Waals surface area (Å²) in [4.78, 5) is 32.2. The van der Waals surface area contributed by atoms with Gasteiger partial charge < -0.3 is 10.2 Å². The Hall–Kier alpha value is -3.16. The number of hydrogen-bond acceptors (Lipinski definition) is 5. The highest BCUT2D eigenvalue weighted by molar-refractivity contribution is 5.90. The fourth-order valence-electron chi connectivity index (χ4n) is 4.41. The predicted molar refractivity (Wildman–Crippen MR) is 122 cm³/mol. The van der Waals surface area contributed by atoms with E-state index >= 15 is 0 Å². The van der Waals surface area contributed by atoms with E-state index in [9.17, 15) is 9.59 Å². The first-order valence-electron chi connectivity index (χ1n) is 10.9. The Balaban J connectivity index is 1.57. The van der Waals surface area contributed by atoms with Crippen LogP contribution in [0.4, 0.5) is 11.5 Å². The normalized spacial score (nSPS) is 19.2. The van der Waals surface area contributed by atoms with Crippen LogP contribution in [0.3, 0.4) is 0 Å². The fourth-order valence-corrected chi connectivity index (χ4v) is 4.41. The Morgan fingerprint density at radius 2 is 1.97 bits per heavy atom. The Morgan fingerprint density at radius 1 is 1.23 bits per heavy atom. The van der Waals surface area contributed by atoms with Gasteiger partial charge in [-0.2, -0.15) is 0 Å². The van der Waals surface area contributed by atoms with Gasteiger partial charge in [0.1, 0.15) is 6.54 Å². The number of anilines is 2. The molecule has 2 aromatic heterocycles. The SMILES string of the molecule is CC1CC(C)CN(c2nccn3c(=O)n(CC(=O)Nc4cccc(C(C)C)c4)nc23)C1. The van der Waals surface area contributed by atoms with Crippen LogP contribution in [0.5, 0.6) is 0 Å². The van der Waals surface area contributed by atoms with Gasteiger partial charge in [-0.05, 0) is 41.9 Å². The van der Waals surface area contributed by atoms with Crippen LogP contribution in [0.25, 0.3) is 5.65 Å². The second-order valence-corrected chi connectivity index (χ2v) is 9.06. The van der Waals surface area contributed by atoms with Crippen LogP contribution >= 0.6 is 0 Å². The van der Waals surface area contributed by atoms with Crippen LogP contribution in [-0.4, -0.2) is 38.2 Å². The molecule has 2 unspecified atom stereocenters. The number of fused-ring (bicyclic) bond motifs is 1. The zero-order chi connectivity index (χ0) is 22.1. The number of aromatic nitrogens is 4. The Morgan fingerprint density at radius 3 is 2.68 bits per heavy atom. The monoisotopic (exact) mass is 422 g/mol.